The molecule has 0 bridgehead atoms. The minimum atomic E-state index is -0.431. The van der Waals surface area contributed by atoms with Crippen molar-refractivity contribution in [1.82, 2.24) is 14.6 Å². The van der Waals surface area contributed by atoms with Crippen molar-refractivity contribution in [2.75, 3.05) is 0 Å². The summed E-state index contributed by atoms with van der Waals surface area (Å²) in [5.41, 5.74) is 1.27. The maximum atomic E-state index is 13.7. The molecule has 2 heterocycles. The van der Waals surface area contributed by atoms with Gasteiger partial charge in [0.2, 0.25) is 4.96 Å². The average Bonchev–Trinajstić information content (AvgIpc) is 3.12. The zero-order chi connectivity index (χ0) is 16.7. The summed E-state index contributed by atoms with van der Waals surface area (Å²) in [4.78, 5) is 11.2. The van der Waals surface area contributed by atoms with Crippen LogP contribution in [0.15, 0.2) is 47.6 Å². The Morgan fingerprint density at radius 3 is 2.88 bits per heavy atom. The van der Waals surface area contributed by atoms with Gasteiger partial charge in [-0.1, -0.05) is 41.3 Å². The summed E-state index contributed by atoms with van der Waals surface area (Å²) < 4.78 is 16.4. The molecule has 0 atom stereocenters. The number of halogens is 1. The highest BCUT2D eigenvalue weighted by molar-refractivity contribution is 7.98. The molecule has 0 aliphatic rings. The van der Waals surface area contributed by atoms with Crippen LogP contribution in [0, 0.1) is 15.9 Å². The molecule has 0 radical (unpaired) electrons. The molecule has 2 aromatic heterocycles. The van der Waals surface area contributed by atoms with Crippen LogP contribution in [0.2, 0.25) is 0 Å². The van der Waals surface area contributed by atoms with Gasteiger partial charge in [-0.25, -0.2) is 4.39 Å². The number of non-ortho nitro benzene ring substituents is 1. The number of thiazole rings is 1. The summed E-state index contributed by atoms with van der Waals surface area (Å²) in [5.74, 6) is 0.135. The first-order valence-electron chi connectivity index (χ1n) is 6.92. The van der Waals surface area contributed by atoms with Crippen molar-refractivity contribution in [3.8, 4) is 0 Å². The Bertz CT molecular complexity index is 1080. The Morgan fingerprint density at radius 2 is 2.08 bits per heavy atom. The first-order valence-corrected chi connectivity index (χ1v) is 8.72. The molecule has 0 saturated heterocycles. The van der Waals surface area contributed by atoms with Crippen LogP contribution < -0.4 is 0 Å². The third-order valence-electron chi connectivity index (χ3n) is 3.51. The summed E-state index contributed by atoms with van der Waals surface area (Å²) in [6, 6.07) is 11.2. The number of nitro groups is 1. The van der Waals surface area contributed by atoms with E-state index in [0.29, 0.717) is 27.0 Å². The summed E-state index contributed by atoms with van der Waals surface area (Å²) in [7, 11) is 0. The number of nitrogens with zero attached hydrogens (tertiary/aromatic N) is 4. The standard InChI is InChI=1S/C15H9FN4O2S2/c16-11-4-2-1-3-9(11)8-23-14-17-18-15-19(14)12-7-10(20(21)22)5-6-13(12)24-15/h1-7H,8H2. The Hall–Kier alpha value is -2.52. The molecule has 2 aromatic carbocycles. The molecule has 4 aromatic rings. The predicted octanol–water partition coefficient (Wildman–Crippen LogP) is 4.28. The van der Waals surface area contributed by atoms with Crippen LogP contribution in [-0.4, -0.2) is 19.5 Å². The lowest BCUT2D eigenvalue weighted by atomic mass is 10.2. The number of hydrogen-bond acceptors (Lipinski definition) is 6. The van der Waals surface area contributed by atoms with E-state index in [1.165, 1.54) is 41.3 Å². The highest BCUT2D eigenvalue weighted by Crippen LogP contribution is 2.33. The lowest BCUT2D eigenvalue weighted by molar-refractivity contribution is -0.384. The first kappa shape index (κ1) is 15.0. The molecule has 0 fully saturated rings. The summed E-state index contributed by atoms with van der Waals surface area (Å²) in [6.45, 7) is 0. The van der Waals surface area contributed by atoms with Crippen molar-refractivity contribution in [1.29, 1.82) is 0 Å². The van der Waals surface area contributed by atoms with Crippen LogP contribution in [0.1, 0.15) is 5.56 Å². The van der Waals surface area contributed by atoms with Crippen LogP contribution in [0.4, 0.5) is 10.1 Å². The van der Waals surface area contributed by atoms with Gasteiger partial charge < -0.3 is 0 Å². The highest BCUT2D eigenvalue weighted by atomic mass is 32.2. The van der Waals surface area contributed by atoms with Crippen molar-refractivity contribution < 1.29 is 9.31 Å². The number of rotatable bonds is 4. The summed E-state index contributed by atoms with van der Waals surface area (Å²) in [5, 5.41) is 19.8. The van der Waals surface area contributed by atoms with Crippen molar-refractivity contribution in [2.45, 2.75) is 10.9 Å². The maximum Gasteiger partial charge on any atom is 0.271 e. The van der Waals surface area contributed by atoms with Crippen LogP contribution in [0.3, 0.4) is 0 Å². The molecule has 24 heavy (non-hydrogen) atoms. The zero-order valence-corrected chi connectivity index (χ0v) is 13.7. The molecule has 0 aliphatic heterocycles. The number of fused-ring (bicyclic) bond motifs is 3. The Balaban J connectivity index is 1.75. The van der Waals surface area contributed by atoms with E-state index in [-0.39, 0.29) is 11.5 Å². The summed E-state index contributed by atoms with van der Waals surface area (Å²) in [6.07, 6.45) is 0. The van der Waals surface area contributed by atoms with Crippen molar-refractivity contribution in [3.05, 3.63) is 64.0 Å². The van der Waals surface area contributed by atoms with Gasteiger partial charge in [-0.05, 0) is 17.7 Å². The second kappa shape index (κ2) is 5.84. The van der Waals surface area contributed by atoms with Gasteiger partial charge >= 0.3 is 0 Å². The largest absolute Gasteiger partial charge is 0.271 e. The quantitative estimate of drug-likeness (QED) is 0.308. The van der Waals surface area contributed by atoms with E-state index in [9.17, 15) is 14.5 Å². The molecular weight excluding hydrogens is 351 g/mol. The average molecular weight is 360 g/mol. The van der Waals surface area contributed by atoms with E-state index in [1.807, 2.05) is 0 Å². The molecular formula is C15H9FN4O2S2. The predicted molar refractivity (Wildman–Crippen MR) is 91.0 cm³/mol. The SMILES string of the molecule is O=[N+]([O-])c1ccc2sc3nnc(SCc4ccccc4F)n3c2c1. The molecule has 0 N–H and O–H groups in total. The summed E-state index contributed by atoms with van der Waals surface area (Å²) >= 11 is 2.75. The van der Waals surface area contributed by atoms with Gasteiger partial charge in [0.25, 0.3) is 5.69 Å². The first-order chi connectivity index (χ1) is 11.6. The molecule has 0 saturated carbocycles. The molecule has 4 rings (SSSR count). The van der Waals surface area contributed by atoms with Gasteiger partial charge in [0.15, 0.2) is 5.16 Å². The molecule has 0 unspecified atom stereocenters. The van der Waals surface area contributed by atoms with Gasteiger partial charge in [-0.3, -0.25) is 14.5 Å². The van der Waals surface area contributed by atoms with Crippen molar-refractivity contribution >= 4 is 44.0 Å². The van der Waals surface area contributed by atoms with Gasteiger partial charge in [0.1, 0.15) is 5.82 Å². The fourth-order valence-corrected chi connectivity index (χ4v) is 4.29. The maximum absolute atomic E-state index is 13.7. The fourth-order valence-electron chi connectivity index (χ4n) is 2.36. The van der Waals surface area contributed by atoms with Crippen LogP contribution in [0.25, 0.3) is 15.2 Å². The van der Waals surface area contributed by atoms with Gasteiger partial charge in [-0.15, -0.1) is 10.2 Å². The minimum Gasteiger partial charge on any atom is -0.260 e. The lowest BCUT2D eigenvalue weighted by Crippen LogP contribution is -1.91. The second-order valence-corrected chi connectivity index (χ2v) is 6.94. The van der Waals surface area contributed by atoms with Gasteiger partial charge in [-0.2, -0.15) is 0 Å². The number of benzene rings is 2. The topological polar surface area (TPSA) is 73.3 Å². The number of aromatic nitrogens is 3. The van der Waals surface area contributed by atoms with Crippen LogP contribution in [0.5, 0.6) is 0 Å². The molecule has 9 heteroatoms. The smallest absolute Gasteiger partial charge is 0.260 e. The molecule has 6 nitrogen and oxygen atoms in total. The molecule has 0 spiro atoms. The van der Waals surface area contributed by atoms with E-state index in [1.54, 1.807) is 28.7 Å². The monoisotopic (exact) mass is 360 g/mol. The molecule has 0 aliphatic carbocycles. The second-order valence-electron chi connectivity index (χ2n) is 4.99. The Kier molecular flexibility index (Phi) is 3.66. The minimum absolute atomic E-state index is 0.0148. The Morgan fingerprint density at radius 1 is 1.25 bits per heavy atom. The van der Waals surface area contributed by atoms with Crippen molar-refractivity contribution in [2.24, 2.45) is 0 Å². The van der Waals surface area contributed by atoms with Crippen LogP contribution in [-0.2, 0) is 5.75 Å². The van der Waals surface area contributed by atoms with Gasteiger partial charge in [0.05, 0.1) is 15.1 Å². The normalized spacial score (nSPS) is 11.4. The lowest BCUT2D eigenvalue weighted by Gasteiger charge is -2.02. The van der Waals surface area contributed by atoms with Crippen molar-refractivity contribution in [3.63, 3.8) is 0 Å². The molecule has 0 amide bonds. The molecule has 120 valence electrons. The van der Waals surface area contributed by atoms with Gasteiger partial charge in [0, 0.05) is 17.9 Å². The third-order valence-corrected chi connectivity index (χ3v) is 5.50. The number of nitro benzene ring substituents is 1. The van der Waals surface area contributed by atoms with E-state index >= 15 is 0 Å². The van der Waals surface area contributed by atoms with E-state index in [0.717, 1.165) is 4.70 Å². The Labute approximate surface area is 143 Å². The van der Waals surface area contributed by atoms with E-state index in [2.05, 4.69) is 10.2 Å². The van der Waals surface area contributed by atoms with E-state index < -0.39 is 4.92 Å². The fraction of sp³-hybridized carbons (Fsp3) is 0.0667. The highest BCUT2D eigenvalue weighted by Gasteiger charge is 2.16. The number of thioether (sulfide) groups is 1. The zero-order valence-electron chi connectivity index (χ0n) is 12.0. The van der Waals surface area contributed by atoms with Crippen LogP contribution >= 0.6 is 23.1 Å². The number of hydrogen-bond donors (Lipinski definition) is 0. The van der Waals surface area contributed by atoms with E-state index in [4.69, 9.17) is 0 Å². The third kappa shape index (κ3) is 2.51.